The molecule has 0 heterocycles. The molecule has 0 saturated heterocycles. The number of hydrogen-bond donors (Lipinski definition) is 0. The Kier molecular flexibility index (Phi) is 5.61. The van der Waals surface area contributed by atoms with Crippen LogP contribution in [-0.4, -0.2) is 13.1 Å². The van der Waals surface area contributed by atoms with Gasteiger partial charge in [0.15, 0.2) is 0 Å². The molecule has 2 heteroatoms. The molecule has 0 atom stereocenters. The smallest absolute Gasteiger partial charge is 0.302 e. The highest BCUT2D eigenvalue weighted by Crippen LogP contribution is 2.09. The third kappa shape index (κ3) is 4.65. The lowest BCUT2D eigenvalue weighted by atomic mass is 10.1. The van der Waals surface area contributed by atoms with Crippen LogP contribution in [0.4, 0.5) is 0 Å². The molecule has 78 valence electrons. The average Bonchev–Trinajstić information content (AvgIpc) is 2.15. The van der Waals surface area contributed by atoms with E-state index in [2.05, 4.69) is 43.7 Å². The third-order valence-corrected chi connectivity index (χ3v) is 2.16. The Morgan fingerprint density at radius 2 is 1.50 bits per heavy atom. The minimum Gasteiger partial charge on any atom is -0.469 e. The van der Waals surface area contributed by atoms with Gasteiger partial charge in [-0.15, -0.1) is 0 Å². The molecular weight excluding hydrogens is 176 g/mol. The van der Waals surface area contributed by atoms with Gasteiger partial charge in [0.05, 0.1) is 7.11 Å². The quantitative estimate of drug-likeness (QED) is 0.594. The van der Waals surface area contributed by atoms with Crippen molar-refractivity contribution in [3.8, 4) is 0 Å². The van der Waals surface area contributed by atoms with Crippen LogP contribution in [0.2, 0.25) is 0 Å². The number of carbonyl (C=O) groups is 1. The molecule has 0 amide bonds. The first-order valence-corrected chi connectivity index (χ1v) is 4.56. The maximum Gasteiger partial charge on any atom is 0.302 e. The van der Waals surface area contributed by atoms with Crippen molar-refractivity contribution in [3.05, 3.63) is 34.9 Å². The molecule has 0 fully saturated rings. The van der Waals surface area contributed by atoms with Crippen molar-refractivity contribution < 1.29 is 9.53 Å². The van der Waals surface area contributed by atoms with E-state index in [-0.39, 0.29) is 5.97 Å². The number of rotatable bonds is 0. The summed E-state index contributed by atoms with van der Waals surface area (Å²) < 4.78 is 4.11. The van der Waals surface area contributed by atoms with Gasteiger partial charge in [0.25, 0.3) is 0 Å². The van der Waals surface area contributed by atoms with Gasteiger partial charge in [0.1, 0.15) is 0 Å². The van der Waals surface area contributed by atoms with Gasteiger partial charge in [-0.25, -0.2) is 0 Å². The molecule has 0 aliphatic carbocycles. The van der Waals surface area contributed by atoms with Crippen LogP contribution < -0.4 is 0 Å². The molecule has 0 aliphatic heterocycles. The third-order valence-electron chi connectivity index (χ3n) is 2.16. The molecule has 0 unspecified atom stereocenters. The molecular formula is C12H18O2. The molecule has 0 radical (unpaired) electrons. The molecule has 0 spiro atoms. The Balaban J connectivity index is 0.000000292. The van der Waals surface area contributed by atoms with Crippen LogP contribution in [0.1, 0.15) is 23.6 Å². The van der Waals surface area contributed by atoms with Crippen LogP contribution in [0.5, 0.6) is 0 Å². The number of benzene rings is 1. The van der Waals surface area contributed by atoms with E-state index < -0.39 is 0 Å². The van der Waals surface area contributed by atoms with E-state index >= 15 is 0 Å². The van der Waals surface area contributed by atoms with Crippen LogP contribution in [0.15, 0.2) is 18.2 Å². The summed E-state index contributed by atoms with van der Waals surface area (Å²) in [4.78, 5) is 9.59. The van der Waals surface area contributed by atoms with Gasteiger partial charge < -0.3 is 4.74 Å². The topological polar surface area (TPSA) is 26.3 Å². The zero-order valence-electron chi connectivity index (χ0n) is 9.55. The zero-order chi connectivity index (χ0) is 11.1. The first-order chi connectivity index (χ1) is 6.49. The average molecular weight is 194 g/mol. The lowest BCUT2D eigenvalue weighted by Gasteiger charge is -2.00. The Morgan fingerprint density at radius 3 is 1.71 bits per heavy atom. The number of hydrogen-bond acceptors (Lipinski definition) is 2. The lowest BCUT2D eigenvalue weighted by Crippen LogP contribution is -1.88. The molecule has 0 N–H and O–H groups in total. The van der Waals surface area contributed by atoms with Gasteiger partial charge in [0.2, 0.25) is 0 Å². The molecule has 1 aromatic carbocycles. The Bertz CT molecular complexity index is 283. The first kappa shape index (κ1) is 12.7. The van der Waals surface area contributed by atoms with E-state index in [9.17, 15) is 4.79 Å². The fraction of sp³-hybridized carbons (Fsp3) is 0.417. The zero-order valence-corrected chi connectivity index (χ0v) is 9.55. The summed E-state index contributed by atoms with van der Waals surface area (Å²) in [6, 6.07) is 6.38. The molecule has 0 aliphatic rings. The van der Waals surface area contributed by atoms with E-state index in [0.29, 0.717) is 0 Å². The highest BCUT2D eigenvalue weighted by atomic mass is 16.5. The van der Waals surface area contributed by atoms with Crippen LogP contribution in [0.25, 0.3) is 0 Å². The summed E-state index contributed by atoms with van der Waals surface area (Å²) in [6.45, 7) is 7.80. The van der Waals surface area contributed by atoms with Gasteiger partial charge in [0, 0.05) is 6.92 Å². The monoisotopic (exact) mass is 194 g/mol. The van der Waals surface area contributed by atoms with Crippen molar-refractivity contribution in [2.45, 2.75) is 27.7 Å². The minimum absolute atomic E-state index is 0.245. The second kappa shape index (κ2) is 6.19. The summed E-state index contributed by atoms with van der Waals surface area (Å²) in [6.07, 6.45) is 0. The second-order valence-corrected chi connectivity index (χ2v) is 3.21. The van der Waals surface area contributed by atoms with Crippen molar-refractivity contribution in [1.82, 2.24) is 0 Å². The first-order valence-electron chi connectivity index (χ1n) is 4.56. The molecule has 14 heavy (non-hydrogen) atoms. The fourth-order valence-electron chi connectivity index (χ4n) is 0.898. The van der Waals surface area contributed by atoms with Crippen molar-refractivity contribution in [2.24, 2.45) is 0 Å². The van der Waals surface area contributed by atoms with Crippen molar-refractivity contribution >= 4 is 5.97 Å². The standard InChI is InChI=1S/C9H12.C3H6O2/c1-7-5-4-6-8(2)9(7)3;1-3(4)5-2/h4-6H,1-3H3;1-2H3. The Labute approximate surface area is 85.9 Å². The summed E-state index contributed by atoms with van der Waals surface area (Å²) in [5, 5.41) is 0. The summed E-state index contributed by atoms with van der Waals surface area (Å²) in [7, 11) is 1.35. The van der Waals surface area contributed by atoms with Crippen LogP contribution in [-0.2, 0) is 9.53 Å². The van der Waals surface area contributed by atoms with Gasteiger partial charge in [-0.2, -0.15) is 0 Å². The van der Waals surface area contributed by atoms with Crippen LogP contribution in [0.3, 0.4) is 0 Å². The summed E-state index contributed by atoms with van der Waals surface area (Å²) in [5.74, 6) is -0.245. The maximum atomic E-state index is 9.59. The largest absolute Gasteiger partial charge is 0.469 e. The Morgan fingerprint density at radius 1 is 1.14 bits per heavy atom. The lowest BCUT2D eigenvalue weighted by molar-refractivity contribution is -0.137. The number of ether oxygens (including phenoxy) is 1. The molecule has 0 aromatic heterocycles. The van der Waals surface area contributed by atoms with Crippen molar-refractivity contribution in [3.63, 3.8) is 0 Å². The molecule has 0 saturated carbocycles. The van der Waals surface area contributed by atoms with E-state index in [1.54, 1.807) is 0 Å². The van der Waals surface area contributed by atoms with E-state index in [1.807, 2.05) is 0 Å². The van der Waals surface area contributed by atoms with E-state index in [1.165, 1.54) is 30.7 Å². The second-order valence-electron chi connectivity index (χ2n) is 3.21. The predicted molar refractivity (Wildman–Crippen MR) is 58.3 cm³/mol. The van der Waals surface area contributed by atoms with Gasteiger partial charge in [-0.05, 0) is 37.5 Å². The number of carbonyl (C=O) groups excluding carboxylic acids is 1. The van der Waals surface area contributed by atoms with Gasteiger partial charge in [-0.3, -0.25) is 4.79 Å². The Hall–Kier alpha value is -1.31. The van der Waals surface area contributed by atoms with Crippen LogP contribution in [0, 0.1) is 20.8 Å². The molecule has 0 bridgehead atoms. The molecule has 2 nitrogen and oxygen atoms in total. The van der Waals surface area contributed by atoms with Gasteiger partial charge >= 0.3 is 5.97 Å². The van der Waals surface area contributed by atoms with Crippen LogP contribution >= 0.6 is 0 Å². The van der Waals surface area contributed by atoms with E-state index in [4.69, 9.17) is 0 Å². The van der Waals surface area contributed by atoms with Gasteiger partial charge in [-0.1, -0.05) is 18.2 Å². The van der Waals surface area contributed by atoms with E-state index in [0.717, 1.165) is 0 Å². The molecule has 1 aromatic rings. The SMILES string of the molecule is COC(C)=O.Cc1cccc(C)c1C. The highest BCUT2D eigenvalue weighted by Gasteiger charge is 1.91. The summed E-state index contributed by atoms with van der Waals surface area (Å²) >= 11 is 0. The number of esters is 1. The van der Waals surface area contributed by atoms with Crippen molar-refractivity contribution in [1.29, 1.82) is 0 Å². The minimum atomic E-state index is -0.245. The highest BCUT2D eigenvalue weighted by molar-refractivity contribution is 5.65. The predicted octanol–water partition coefficient (Wildman–Crippen LogP) is 2.79. The van der Waals surface area contributed by atoms with Crippen molar-refractivity contribution in [2.75, 3.05) is 7.11 Å². The number of aryl methyl sites for hydroxylation is 2. The maximum absolute atomic E-state index is 9.59. The molecule has 1 rings (SSSR count). The normalized spacial score (nSPS) is 8.64. The number of methoxy groups -OCH3 is 1. The fourth-order valence-corrected chi connectivity index (χ4v) is 0.898. The summed E-state index contributed by atoms with van der Waals surface area (Å²) in [5.41, 5.74) is 4.18.